The van der Waals surface area contributed by atoms with E-state index in [1.807, 2.05) is 6.92 Å². The van der Waals surface area contributed by atoms with Crippen LogP contribution in [0.2, 0.25) is 0 Å². The summed E-state index contributed by atoms with van der Waals surface area (Å²) >= 11 is 3.24. The number of aromatic nitrogens is 2. The van der Waals surface area contributed by atoms with E-state index in [0.717, 1.165) is 10.2 Å². The van der Waals surface area contributed by atoms with E-state index in [0.29, 0.717) is 18.4 Å². The van der Waals surface area contributed by atoms with E-state index in [1.165, 1.54) is 0 Å². The van der Waals surface area contributed by atoms with Crippen molar-refractivity contribution in [3.63, 3.8) is 0 Å². The van der Waals surface area contributed by atoms with Crippen LogP contribution in [0.4, 0.5) is 5.95 Å². The van der Waals surface area contributed by atoms with Gasteiger partial charge >= 0.3 is 0 Å². The summed E-state index contributed by atoms with van der Waals surface area (Å²) in [4.78, 5) is 8.31. The van der Waals surface area contributed by atoms with Gasteiger partial charge in [-0.15, -0.1) is 0 Å². The molecule has 0 saturated carbocycles. The van der Waals surface area contributed by atoms with Crippen LogP contribution >= 0.6 is 15.9 Å². The Morgan fingerprint density at radius 2 is 2.36 bits per heavy atom. The molecule has 1 N–H and O–H groups in total. The Bertz CT molecular complexity index is 341. The van der Waals surface area contributed by atoms with Gasteiger partial charge in [0, 0.05) is 22.8 Å². The summed E-state index contributed by atoms with van der Waals surface area (Å²) in [6.07, 6.45) is 0. The summed E-state index contributed by atoms with van der Waals surface area (Å²) < 4.78 is 5.87. The molecular formula is C9H12BrN3O. The van der Waals surface area contributed by atoms with Crippen LogP contribution in [0.25, 0.3) is 0 Å². The van der Waals surface area contributed by atoms with Crippen LogP contribution < -0.4 is 10.1 Å². The van der Waals surface area contributed by atoms with Gasteiger partial charge in [-0.1, -0.05) is 22.5 Å². The van der Waals surface area contributed by atoms with Crippen molar-refractivity contribution in [2.75, 3.05) is 19.0 Å². The highest BCUT2D eigenvalue weighted by Crippen LogP contribution is 2.11. The Balaban J connectivity index is 2.76. The molecule has 4 nitrogen and oxygen atoms in total. The lowest BCUT2D eigenvalue weighted by Crippen LogP contribution is -2.06. The Morgan fingerprint density at radius 3 is 2.93 bits per heavy atom. The second-order valence-corrected chi connectivity index (χ2v) is 3.87. The molecule has 1 rings (SSSR count). The van der Waals surface area contributed by atoms with E-state index in [-0.39, 0.29) is 0 Å². The Hall–Kier alpha value is -1.10. The summed E-state index contributed by atoms with van der Waals surface area (Å²) in [7, 11) is 1.58. The molecule has 0 amide bonds. The second-order valence-electron chi connectivity index (χ2n) is 2.75. The van der Waals surface area contributed by atoms with Gasteiger partial charge in [-0.2, -0.15) is 4.98 Å². The number of nitrogens with zero attached hydrogens (tertiary/aromatic N) is 2. The van der Waals surface area contributed by atoms with Crippen molar-refractivity contribution in [2.24, 2.45) is 0 Å². The number of ether oxygens (including phenoxy) is 1. The summed E-state index contributed by atoms with van der Waals surface area (Å²) in [6, 6.07) is 1.77. The first-order valence-corrected chi connectivity index (χ1v) is 4.88. The molecule has 0 atom stereocenters. The van der Waals surface area contributed by atoms with Crippen molar-refractivity contribution in [3.05, 3.63) is 22.8 Å². The third-order valence-corrected chi connectivity index (χ3v) is 1.76. The number of halogens is 1. The fraction of sp³-hybridized carbons (Fsp3) is 0.333. The molecule has 1 heterocycles. The minimum absolute atomic E-state index is 0.544. The number of aryl methyl sites for hydroxylation is 1. The first-order valence-electron chi connectivity index (χ1n) is 4.08. The van der Waals surface area contributed by atoms with E-state index in [1.54, 1.807) is 13.2 Å². The Morgan fingerprint density at radius 1 is 1.64 bits per heavy atom. The largest absolute Gasteiger partial charge is 0.481 e. The van der Waals surface area contributed by atoms with E-state index in [4.69, 9.17) is 4.74 Å². The quantitative estimate of drug-likeness (QED) is 0.898. The average Bonchev–Trinajstić information content (AvgIpc) is 2.14. The van der Waals surface area contributed by atoms with Crippen molar-refractivity contribution < 1.29 is 4.74 Å². The Kier molecular flexibility index (Phi) is 3.88. The molecule has 14 heavy (non-hydrogen) atoms. The zero-order chi connectivity index (χ0) is 10.6. The minimum atomic E-state index is 0.544. The van der Waals surface area contributed by atoms with Crippen LogP contribution in [0.1, 0.15) is 5.69 Å². The summed E-state index contributed by atoms with van der Waals surface area (Å²) in [6.45, 7) is 6.18. The third-order valence-electron chi connectivity index (χ3n) is 1.48. The molecule has 0 aliphatic heterocycles. The fourth-order valence-corrected chi connectivity index (χ4v) is 1.04. The first kappa shape index (κ1) is 11.0. The molecule has 0 aliphatic rings. The molecule has 0 saturated heterocycles. The summed E-state index contributed by atoms with van der Waals surface area (Å²) in [5.41, 5.74) is 0.861. The Labute approximate surface area is 91.5 Å². The van der Waals surface area contributed by atoms with E-state index >= 15 is 0 Å². The van der Waals surface area contributed by atoms with Crippen molar-refractivity contribution in [1.82, 2.24) is 9.97 Å². The summed E-state index contributed by atoms with van der Waals surface area (Å²) in [5, 5.41) is 3.01. The maximum absolute atomic E-state index is 5.02. The predicted molar refractivity (Wildman–Crippen MR) is 59.9 cm³/mol. The number of methoxy groups -OCH3 is 1. The van der Waals surface area contributed by atoms with Gasteiger partial charge in [-0.25, -0.2) is 4.98 Å². The van der Waals surface area contributed by atoms with Crippen LogP contribution in [0, 0.1) is 6.92 Å². The van der Waals surface area contributed by atoms with Crippen LogP contribution in [0.15, 0.2) is 17.1 Å². The van der Waals surface area contributed by atoms with Gasteiger partial charge in [0.25, 0.3) is 0 Å². The summed E-state index contributed by atoms with van der Waals surface area (Å²) in [5.74, 6) is 1.10. The topological polar surface area (TPSA) is 47.0 Å². The zero-order valence-electron chi connectivity index (χ0n) is 8.17. The predicted octanol–water partition coefficient (Wildman–Crippen LogP) is 2.11. The molecule has 1 aromatic rings. The molecule has 0 spiro atoms. The maximum atomic E-state index is 5.02. The lowest BCUT2D eigenvalue weighted by atomic mass is 10.4. The van der Waals surface area contributed by atoms with Gasteiger partial charge in [0.1, 0.15) is 0 Å². The number of hydrogen-bond acceptors (Lipinski definition) is 4. The molecule has 0 unspecified atom stereocenters. The third kappa shape index (κ3) is 3.33. The molecule has 0 aromatic carbocycles. The van der Waals surface area contributed by atoms with Crippen molar-refractivity contribution >= 4 is 21.9 Å². The molecule has 0 aliphatic carbocycles. The molecule has 0 bridgehead atoms. The van der Waals surface area contributed by atoms with Crippen LogP contribution in [0.3, 0.4) is 0 Å². The van der Waals surface area contributed by atoms with Crippen molar-refractivity contribution in [2.45, 2.75) is 6.92 Å². The van der Waals surface area contributed by atoms with Crippen LogP contribution in [-0.4, -0.2) is 23.6 Å². The average molecular weight is 258 g/mol. The number of hydrogen-bond donors (Lipinski definition) is 1. The SMILES string of the molecule is C=C(Br)CNc1nc(C)cc(OC)n1. The lowest BCUT2D eigenvalue weighted by Gasteiger charge is -2.06. The van der Waals surface area contributed by atoms with Crippen molar-refractivity contribution in [3.8, 4) is 5.88 Å². The molecule has 76 valence electrons. The van der Waals surface area contributed by atoms with Gasteiger partial charge in [0.05, 0.1) is 7.11 Å². The highest BCUT2D eigenvalue weighted by Gasteiger charge is 2.01. The highest BCUT2D eigenvalue weighted by atomic mass is 79.9. The lowest BCUT2D eigenvalue weighted by molar-refractivity contribution is 0.397. The molecule has 0 radical (unpaired) electrons. The zero-order valence-corrected chi connectivity index (χ0v) is 9.76. The normalized spacial score (nSPS) is 9.64. The highest BCUT2D eigenvalue weighted by molar-refractivity contribution is 9.11. The monoisotopic (exact) mass is 257 g/mol. The number of anilines is 1. The second kappa shape index (κ2) is 4.95. The molecule has 5 heteroatoms. The standard InChI is InChI=1S/C9H12BrN3O/c1-6(10)5-11-9-12-7(2)4-8(13-9)14-3/h4H,1,5H2,2-3H3,(H,11,12,13). The van der Waals surface area contributed by atoms with Gasteiger partial charge < -0.3 is 10.1 Å². The maximum Gasteiger partial charge on any atom is 0.226 e. The van der Waals surface area contributed by atoms with E-state index in [2.05, 4.69) is 37.8 Å². The van der Waals surface area contributed by atoms with Crippen LogP contribution in [-0.2, 0) is 0 Å². The van der Waals surface area contributed by atoms with Gasteiger partial charge in [-0.05, 0) is 6.92 Å². The molecular weight excluding hydrogens is 246 g/mol. The van der Waals surface area contributed by atoms with Crippen molar-refractivity contribution in [1.29, 1.82) is 0 Å². The number of nitrogens with one attached hydrogen (secondary N) is 1. The number of rotatable bonds is 4. The molecule has 1 aromatic heterocycles. The minimum Gasteiger partial charge on any atom is -0.481 e. The van der Waals surface area contributed by atoms with E-state index in [9.17, 15) is 0 Å². The smallest absolute Gasteiger partial charge is 0.226 e. The van der Waals surface area contributed by atoms with Gasteiger partial charge in [0.15, 0.2) is 0 Å². The first-order chi connectivity index (χ1) is 6.61. The van der Waals surface area contributed by atoms with E-state index < -0.39 is 0 Å². The molecule has 0 fully saturated rings. The van der Waals surface area contributed by atoms with Gasteiger partial charge in [-0.3, -0.25) is 0 Å². The van der Waals surface area contributed by atoms with Crippen LogP contribution in [0.5, 0.6) is 5.88 Å². The van der Waals surface area contributed by atoms with Gasteiger partial charge in [0.2, 0.25) is 11.8 Å². The fourth-order valence-electron chi connectivity index (χ4n) is 0.898.